The smallest absolute Gasteiger partial charge is 0.277 e. The van der Waals surface area contributed by atoms with Gasteiger partial charge in [-0.1, -0.05) is 19.1 Å². The largest absolute Gasteiger partial charge is 0.306 e. The molecule has 0 N–H and O–H groups in total. The fraction of sp³-hybridized carbons (Fsp3) is 0.222. The SMILES string of the molecule is C[C@@H]1CCN(C(=O)c2csc(-c3cnccn3)n2)c2ccccc2S1. The third-order valence-electron chi connectivity index (χ3n) is 3.99. The molecule has 0 spiro atoms. The van der Waals surface area contributed by atoms with Gasteiger partial charge < -0.3 is 4.90 Å². The molecule has 1 atom stereocenters. The maximum absolute atomic E-state index is 13.1. The van der Waals surface area contributed by atoms with Gasteiger partial charge in [0, 0.05) is 34.5 Å². The van der Waals surface area contributed by atoms with Gasteiger partial charge in [-0.05, 0) is 18.6 Å². The summed E-state index contributed by atoms with van der Waals surface area (Å²) in [6.07, 6.45) is 5.86. The molecule has 25 heavy (non-hydrogen) atoms. The Labute approximate surface area is 154 Å². The first-order chi connectivity index (χ1) is 12.2. The predicted octanol–water partition coefficient (Wildman–Crippen LogP) is 4.13. The normalized spacial score (nSPS) is 17.0. The van der Waals surface area contributed by atoms with E-state index in [0.29, 0.717) is 28.2 Å². The van der Waals surface area contributed by atoms with Gasteiger partial charge >= 0.3 is 0 Å². The molecule has 3 heterocycles. The molecule has 0 saturated carbocycles. The lowest BCUT2D eigenvalue weighted by molar-refractivity contribution is 0.0982. The molecule has 1 amide bonds. The van der Waals surface area contributed by atoms with Crippen LogP contribution in [0.15, 0.2) is 53.1 Å². The Hall–Kier alpha value is -2.25. The van der Waals surface area contributed by atoms with E-state index >= 15 is 0 Å². The summed E-state index contributed by atoms with van der Waals surface area (Å²) in [5.41, 5.74) is 2.11. The van der Waals surface area contributed by atoms with Crippen molar-refractivity contribution >= 4 is 34.7 Å². The van der Waals surface area contributed by atoms with Gasteiger partial charge in [-0.25, -0.2) is 4.98 Å². The van der Waals surface area contributed by atoms with E-state index < -0.39 is 0 Å². The van der Waals surface area contributed by atoms with Crippen molar-refractivity contribution in [2.45, 2.75) is 23.5 Å². The summed E-state index contributed by atoms with van der Waals surface area (Å²) < 4.78 is 0. The minimum atomic E-state index is -0.0615. The number of hydrogen-bond acceptors (Lipinski definition) is 6. The maximum atomic E-state index is 13.1. The number of thiazole rings is 1. The monoisotopic (exact) mass is 368 g/mol. The first kappa shape index (κ1) is 16.2. The number of nitrogens with zero attached hydrogens (tertiary/aromatic N) is 4. The van der Waals surface area contributed by atoms with Crippen molar-refractivity contribution in [2.75, 3.05) is 11.4 Å². The van der Waals surface area contributed by atoms with E-state index in [-0.39, 0.29) is 5.91 Å². The van der Waals surface area contributed by atoms with Crippen LogP contribution in [0, 0.1) is 0 Å². The Kier molecular flexibility index (Phi) is 4.50. The number of carbonyl (C=O) groups excluding carboxylic acids is 1. The molecule has 5 nitrogen and oxygen atoms in total. The molecule has 126 valence electrons. The average molecular weight is 368 g/mol. The van der Waals surface area contributed by atoms with Crippen molar-refractivity contribution in [1.82, 2.24) is 15.0 Å². The second-order valence-electron chi connectivity index (χ2n) is 5.77. The molecule has 3 aromatic rings. The number of thioether (sulfide) groups is 1. The number of carbonyl (C=O) groups is 1. The van der Waals surface area contributed by atoms with Crippen LogP contribution in [0.1, 0.15) is 23.8 Å². The number of anilines is 1. The zero-order valence-electron chi connectivity index (χ0n) is 13.6. The van der Waals surface area contributed by atoms with Crippen molar-refractivity contribution in [3.63, 3.8) is 0 Å². The third-order valence-corrected chi connectivity index (χ3v) is 6.10. The van der Waals surface area contributed by atoms with Crippen LogP contribution in [0.25, 0.3) is 10.7 Å². The summed E-state index contributed by atoms with van der Waals surface area (Å²) in [6, 6.07) is 8.08. The fourth-order valence-electron chi connectivity index (χ4n) is 2.74. The zero-order chi connectivity index (χ0) is 17.2. The molecule has 0 unspecified atom stereocenters. The molecule has 0 radical (unpaired) electrons. The third kappa shape index (κ3) is 3.29. The molecule has 0 aliphatic carbocycles. The highest BCUT2D eigenvalue weighted by molar-refractivity contribution is 8.00. The zero-order valence-corrected chi connectivity index (χ0v) is 15.3. The summed E-state index contributed by atoms with van der Waals surface area (Å²) in [7, 11) is 0. The van der Waals surface area contributed by atoms with E-state index in [1.165, 1.54) is 11.3 Å². The van der Waals surface area contributed by atoms with Gasteiger partial charge in [0.25, 0.3) is 5.91 Å². The number of amides is 1. The average Bonchev–Trinajstić information content (AvgIpc) is 3.07. The van der Waals surface area contributed by atoms with Gasteiger partial charge in [0.1, 0.15) is 16.4 Å². The van der Waals surface area contributed by atoms with Crippen LogP contribution in [0.5, 0.6) is 0 Å². The van der Waals surface area contributed by atoms with Gasteiger partial charge in [0.2, 0.25) is 0 Å². The van der Waals surface area contributed by atoms with Crippen LogP contribution in [0.2, 0.25) is 0 Å². The summed E-state index contributed by atoms with van der Waals surface area (Å²) in [5.74, 6) is -0.0615. The van der Waals surface area contributed by atoms with Crippen molar-refractivity contribution in [3.8, 4) is 10.7 Å². The lowest BCUT2D eigenvalue weighted by Gasteiger charge is -2.21. The molecular weight excluding hydrogens is 352 g/mol. The highest BCUT2D eigenvalue weighted by atomic mass is 32.2. The van der Waals surface area contributed by atoms with Crippen LogP contribution in [0.3, 0.4) is 0 Å². The van der Waals surface area contributed by atoms with Crippen LogP contribution < -0.4 is 4.90 Å². The number of rotatable bonds is 2. The van der Waals surface area contributed by atoms with Crippen molar-refractivity contribution in [3.05, 3.63) is 53.9 Å². The second-order valence-corrected chi connectivity index (χ2v) is 8.11. The first-order valence-corrected chi connectivity index (χ1v) is 9.78. The van der Waals surface area contributed by atoms with Gasteiger partial charge in [0.15, 0.2) is 0 Å². The second kappa shape index (κ2) is 6.93. The molecule has 1 aliphatic rings. The van der Waals surface area contributed by atoms with Crippen LogP contribution >= 0.6 is 23.1 Å². The Bertz CT molecular complexity index is 897. The van der Waals surface area contributed by atoms with Crippen molar-refractivity contribution < 1.29 is 4.79 Å². The van der Waals surface area contributed by atoms with E-state index in [0.717, 1.165) is 17.0 Å². The highest BCUT2D eigenvalue weighted by Gasteiger charge is 2.26. The Balaban J connectivity index is 1.66. The minimum Gasteiger partial charge on any atom is -0.306 e. The molecule has 0 fully saturated rings. The standard InChI is InChI=1S/C18H16N4OS2/c1-12-6-9-22(15-4-2-3-5-16(15)25-12)18(23)14-11-24-17(21-14)13-10-19-7-8-20-13/h2-5,7-8,10-12H,6,9H2,1H3/t12-/m1/s1. The van der Waals surface area contributed by atoms with Gasteiger partial charge in [0.05, 0.1) is 11.9 Å². The Morgan fingerprint density at radius 1 is 1.28 bits per heavy atom. The van der Waals surface area contributed by atoms with E-state index in [4.69, 9.17) is 0 Å². The molecule has 0 saturated heterocycles. The summed E-state index contributed by atoms with van der Waals surface area (Å²) in [4.78, 5) is 28.9. The Morgan fingerprint density at radius 2 is 2.16 bits per heavy atom. The number of para-hydroxylation sites is 1. The van der Waals surface area contributed by atoms with E-state index in [1.807, 2.05) is 34.9 Å². The topological polar surface area (TPSA) is 59.0 Å². The molecule has 4 rings (SSSR count). The van der Waals surface area contributed by atoms with Crippen LogP contribution in [0.4, 0.5) is 5.69 Å². The van der Waals surface area contributed by atoms with Gasteiger partial charge in [-0.15, -0.1) is 23.1 Å². The highest BCUT2D eigenvalue weighted by Crippen LogP contribution is 2.38. The molecule has 2 aromatic heterocycles. The quantitative estimate of drug-likeness (QED) is 0.681. The van der Waals surface area contributed by atoms with E-state index in [1.54, 1.807) is 24.0 Å². The molecular formula is C18H16N4OS2. The summed E-state index contributed by atoms with van der Waals surface area (Å²) >= 11 is 3.24. The maximum Gasteiger partial charge on any atom is 0.277 e. The Morgan fingerprint density at radius 3 is 3.00 bits per heavy atom. The predicted molar refractivity (Wildman–Crippen MR) is 101 cm³/mol. The van der Waals surface area contributed by atoms with Crippen LogP contribution in [-0.4, -0.2) is 32.7 Å². The van der Waals surface area contributed by atoms with Crippen molar-refractivity contribution in [2.24, 2.45) is 0 Å². The van der Waals surface area contributed by atoms with E-state index in [2.05, 4.69) is 27.9 Å². The van der Waals surface area contributed by atoms with Gasteiger partial charge in [-0.3, -0.25) is 14.8 Å². The van der Waals surface area contributed by atoms with Gasteiger partial charge in [-0.2, -0.15) is 0 Å². The number of benzene rings is 1. The van der Waals surface area contributed by atoms with E-state index in [9.17, 15) is 4.79 Å². The lowest BCUT2D eigenvalue weighted by atomic mass is 10.2. The number of aromatic nitrogens is 3. The van der Waals surface area contributed by atoms with Crippen molar-refractivity contribution in [1.29, 1.82) is 0 Å². The molecule has 0 bridgehead atoms. The summed E-state index contributed by atoms with van der Waals surface area (Å²) in [6.45, 7) is 2.90. The lowest BCUT2D eigenvalue weighted by Crippen LogP contribution is -2.32. The molecule has 7 heteroatoms. The molecule has 1 aliphatic heterocycles. The number of hydrogen-bond donors (Lipinski definition) is 0. The fourth-order valence-corrected chi connectivity index (χ4v) is 4.60. The molecule has 1 aromatic carbocycles. The number of fused-ring (bicyclic) bond motifs is 1. The minimum absolute atomic E-state index is 0.0615. The van der Waals surface area contributed by atoms with Crippen LogP contribution in [-0.2, 0) is 0 Å². The first-order valence-electron chi connectivity index (χ1n) is 8.02. The summed E-state index contributed by atoms with van der Waals surface area (Å²) in [5, 5.41) is 2.99.